The van der Waals surface area contributed by atoms with E-state index in [-0.39, 0.29) is 6.61 Å². The Morgan fingerprint density at radius 2 is 1.45 bits per heavy atom. The first-order valence-corrected chi connectivity index (χ1v) is 9.76. The highest BCUT2D eigenvalue weighted by atomic mass is 32.3. The van der Waals surface area contributed by atoms with Crippen LogP contribution >= 0.6 is 0 Å². The molecule has 1 fully saturated rings. The average Bonchev–Trinajstić information content (AvgIpc) is 2.45. The van der Waals surface area contributed by atoms with Crippen LogP contribution in [-0.4, -0.2) is 39.1 Å². The molecule has 1 unspecified atom stereocenters. The molecule has 0 aromatic carbocycles. The Labute approximate surface area is 134 Å². The Hall–Kier alpha value is -0.210. The molecular weight excluding hydrogens is 308 g/mol. The summed E-state index contributed by atoms with van der Waals surface area (Å²) in [5.41, 5.74) is 0. The fourth-order valence-electron chi connectivity index (χ4n) is 2.34. The van der Waals surface area contributed by atoms with E-state index in [1.807, 2.05) is 0 Å². The zero-order valence-electron chi connectivity index (χ0n) is 13.5. The molecule has 0 aromatic heterocycles. The minimum atomic E-state index is -3.85. The molecule has 0 aliphatic carbocycles. The van der Waals surface area contributed by atoms with Gasteiger partial charge in [0.15, 0.2) is 0 Å². The predicted octanol–water partition coefficient (Wildman–Crippen LogP) is 2.90. The lowest BCUT2D eigenvalue weighted by Crippen LogP contribution is -2.46. The Morgan fingerprint density at radius 3 is 1.95 bits per heavy atom. The standard InChI is InChI=1S/C15H30O6S/c1-2-3-4-5-6-7-8-9-10-11-12-19-13-14(16)15-20-22(17,18)21-15/h14-16H,2-13H2,1H3. The second-order valence-corrected chi connectivity index (χ2v) is 6.99. The summed E-state index contributed by atoms with van der Waals surface area (Å²) in [5, 5.41) is 9.52. The van der Waals surface area contributed by atoms with Crippen LogP contribution in [0.15, 0.2) is 0 Å². The number of aliphatic hydroxyl groups excluding tert-OH is 1. The fraction of sp³-hybridized carbons (Fsp3) is 1.00. The van der Waals surface area contributed by atoms with Crippen LogP contribution in [0.5, 0.6) is 0 Å². The third-order valence-electron chi connectivity index (χ3n) is 3.67. The molecular formula is C15H30O6S. The van der Waals surface area contributed by atoms with Crippen molar-refractivity contribution in [2.24, 2.45) is 0 Å². The number of ether oxygens (including phenoxy) is 1. The van der Waals surface area contributed by atoms with Crippen LogP contribution < -0.4 is 0 Å². The molecule has 0 spiro atoms. The predicted molar refractivity (Wildman–Crippen MR) is 83.5 cm³/mol. The number of unbranched alkanes of at least 4 members (excludes halogenated alkanes) is 9. The minimum Gasteiger partial charge on any atom is -0.385 e. The lowest BCUT2D eigenvalue weighted by molar-refractivity contribution is -0.163. The summed E-state index contributed by atoms with van der Waals surface area (Å²) in [6.45, 7) is 2.82. The maximum Gasteiger partial charge on any atom is 0.405 e. The highest BCUT2D eigenvalue weighted by molar-refractivity contribution is 7.82. The quantitative estimate of drug-likeness (QED) is 0.490. The zero-order valence-corrected chi connectivity index (χ0v) is 14.4. The largest absolute Gasteiger partial charge is 0.405 e. The molecule has 1 N–H and O–H groups in total. The van der Waals surface area contributed by atoms with Gasteiger partial charge in [-0.25, -0.2) is 8.37 Å². The third kappa shape index (κ3) is 9.05. The Morgan fingerprint density at radius 1 is 0.955 bits per heavy atom. The summed E-state index contributed by atoms with van der Waals surface area (Å²) in [5.74, 6) is 0. The SMILES string of the molecule is CCCCCCCCCCCCOCC(O)C1OS(=O)(=O)O1. The monoisotopic (exact) mass is 338 g/mol. The van der Waals surface area contributed by atoms with E-state index >= 15 is 0 Å². The molecule has 1 heterocycles. The molecule has 1 aliphatic rings. The Balaban J connectivity index is 1.78. The molecule has 0 amide bonds. The van der Waals surface area contributed by atoms with Crippen LogP contribution in [0.1, 0.15) is 71.1 Å². The lowest BCUT2D eigenvalue weighted by atomic mass is 10.1. The van der Waals surface area contributed by atoms with Gasteiger partial charge in [-0.3, -0.25) is 0 Å². The van der Waals surface area contributed by atoms with E-state index in [9.17, 15) is 13.5 Å². The summed E-state index contributed by atoms with van der Waals surface area (Å²) >= 11 is 0. The van der Waals surface area contributed by atoms with Gasteiger partial charge in [-0.15, -0.1) is 0 Å². The van der Waals surface area contributed by atoms with Crippen LogP contribution in [0.25, 0.3) is 0 Å². The maximum atomic E-state index is 10.6. The molecule has 0 bridgehead atoms. The van der Waals surface area contributed by atoms with E-state index in [0.29, 0.717) is 6.61 Å². The summed E-state index contributed by atoms with van der Waals surface area (Å²) in [6.07, 6.45) is 10.4. The van der Waals surface area contributed by atoms with E-state index < -0.39 is 22.8 Å². The third-order valence-corrected chi connectivity index (χ3v) is 4.52. The second kappa shape index (κ2) is 11.3. The molecule has 22 heavy (non-hydrogen) atoms. The van der Waals surface area contributed by atoms with Crippen molar-refractivity contribution in [3.63, 3.8) is 0 Å². The molecule has 1 atom stereocenters. The smallest absolute Gasteiger partial charge is 0.385 e. The summed E-state index contributed by atoms with van der Waals surface area (Å²) in [6, 6.07) is 0. The van der Waals surface area contributed by atoms with Crippen molar-refractivity contribution < 1.29 is 26.6 Å². The van der Waals surface area contributed by atoms with Crippen molar-refractivity contribution in [1.29, 1.82) is 0 Å². The van der Waals surface area contributed by atoms with E-state index in [1.165, 1.54) is 51.4 Å². The Kier molecular flexibility index (Phi) is 10.2. The summed E-state index contributed by atoms with van der Waals surface area (Å²) < 4.78 is 35.2. The molecule has 1 aliphatic heterocycles. The van der Waals surface area contributed by atoms with Crippen LogP contribution in [0.4, 0.5) is 0 Å². The van der Waals surface area contributed by atoms with Gasteiger partial charge in [0.1, 0.15) is 6.10 Å². The van der Waals surface area contributed by atoms with Crippen LogP contribution in [0, 0.1) is 0 Å². The number of hydrogen-bond donors (Lipinski definition) is 1. The van der Waals surface area contributed by atoms with Gasteiger partial charge in [-0.2, -0.15) is 8.42 Å². The van der Waals surface area contributed by atoms with Gasteiger partial charge in [-0.05, 0) is 6.42 Å². The van der Waals surface area contributed by atoms with Crippen LogP contribution in [0.3, 0.4) is 0 Å². The van der Waals surface area contributed by atoms with Gasteiger partial charge in [0.05, 0.1) is 6.61 Å². The summed E-state index contributed by atoms with van der Waals surface area (Å²) in [4.78, 5) is 0. The maximum absolute atomic E-state index is 10.6. The molecule has 132 valence electrons. The second-order valence-electron chi connectivity index (χ2n) is 5.79. The number of hydrogen-bond acceptors (Lipinski definition) is 6. The topological polar surface area (TPSA) is 82.1 Å². The molecule has 0 saturated carbocycles. The first-order chi connectivity index (χ1) is 10.5. The van der Waals surface area contributed by atoms with Crippen LogP contribution in [-0.2, 0) is 23.5 Å². The normalized spacial score (nSPS) is 19.0. The minimum absolute atomic E-state index is 0.0254. The van der Waals surface area contributed by atoms with Gasteiger partial charge in [0, 0.05) is 6.61 Å². The van der Waals surface area contributed by atoms with Gasteiger partial charge >= 0.3 is 10.4 Å². The van der Waals surface area contributed by atoms with E-state index in [4.69, 9.17) is 4.74 Å². The highest BCUT2D eigenvalue weighted by Crippen LogP contribution is 2.21. The van der Waals surface area contributed by atoms with Crippen molar-refractivity contribution in [3.05, 3.63) is 0 Å². The molecule has 0 aromatic rings. The van der Waals surface area contributed by atoms with Crippen molar-refractivity contribution in [1.82, 2.24) is 0 Å². The van der Waals surface area contributed by atoms with Gasteiger partial charge < -0.3 is 9.84 Å². The molecule has 7 heteroatoms. The molecule has 1 saturated heterocycles. The van der Waals surface area contributed by atoms with E-state index in [0.717, 1.165) is 12.8 Å². The average molecular weight is 338 g/mol. The Bertz CT molecular complexity index is 358. The number of aliphatic hydroxyl groups is 1. The molecule has 1 rings (SSSR count). The first-order valence-electron chi connectivity index (χ1n) is 8.42. The van der Waals surface area contributed by atoms with Crippen LogP contribution in [0.2, 0.25) is 0 Å². The van der Waals surface area contributed by atoms with Gasteiger partial charge in [0.25, 0.3) is 0 Å². The molecule has 0 radical (unpaired) electrons. The van der Waals surface area contributed by atoms with Gasteiger partial charge in [0.2, 0.25) is 6.29 Å². The highest BCUT2D eigenvalue weighted by Gasteiger charge is 2.41. The fourth-order valence-corrected chi connectivity index (χ4v) is 3.08. The van der Waals surface area contributed by atoms with Gasteiger partial charge in [-0.1, -0.05) is 64.7 Å². The van der Waals surface area contributed by atoms with E-state index in [2.05, 4.69) is 15.3 Å². The van der Waals surface area contributed by atoms with Crippen molar-refractivity contribution in [2.45, 2.75) is 83.5 Å². The van der Waals surface area contributed by atoms with E-state index in [1.54, 1.807) is 0 Å². The summed E-state index contributed by atoms with van der Waals surface area (Å²) in [7, 11) is -3.85. The first kappa shape index (κ1) is 19.8. The van der Waals surface area contributed by atoms with Crippen molar-refractivity contribution in [3.8, 4) is 0 Å². The number of rotatable bonds is 14. The van der Waals surface area contributed by atoms with Crippen molar-refractivity contribution >= 4 is 10.4 Å². The lowest BCUT2D eigenvalue weighted by Gasteiger charge is -2.28. The zero-order chi connectivity index (χ0) is 16.3. The molecule has 6 nitrogen and oxygen atoms in total. The van der Waals surface area contributed by atoms with Crippen molar-refractivity contribution in [2.75, 3.05) is 13.2 Å².